The first-order valence-corrected chi connectivity index (χ1v) is 9.22. The number of amides is 2. The first-order valence-electron chi connectivity index (χ1n) is 9.22. The van der Waals surface area contributed by atoms with Gasteiger partial charge in [-0.3, -0.25) is 9.59 Å². The molecule has 1 heterocycles. The van der Waals surface area contributed by atoms with Gasteiger partial charge < -0.3 is 24.2 Å². The molecule has 0 spiro atoms. The van der Waals surface area contributed by atoms with E-state index >= 15 is 0 Å². The van der Waals surface area contributed by atoms with E-state index in [-0.39, 0.29) is 18.4 Å². The van der Waals surface area contributed by atoms with Crippen molar-refractivity contribution < 1.29 is 23.6 Å². The lowest BCUT2D eigenvalue weighted by atomic mass is 10.1. The summed E-state index contributed by atoms with van der Waals surface area (Å²) in [5, 5.41) is 6.39. The smallest absolute Gasteiger partial charge is 0.254 e. The molecule has 8 heteroatoms. The van der Waals surface area contributed by atoms with E-state index in [0.29, 0.717) is 35.2 Å². The lowest BCUT2D eigenvalue weighted by molar-refractivity contribution is -0.117. The van der Waals surface area contributed by atoms with Gasteiger partial charge in [-0.2, -0.15) is 0 Å². The molecule has 0 aliphatic rings. The van der Waals surface area contributed by atoms with Crippen molar-refractivity contribution in [1.29, 1.82) is 0 Å². The lowest BCUT2D eigenvalue weighted by Crippen LogP contribution is -2.38. The Morgan fingerprint density at radius 1 is 1.11 bits per heavy atom. The summed E-state index contributed by atoms with van der Waals surface area (Å²) in [6, 6.07) is 6.58. The van der Waals surface area contributed by atoms with Crippen molar-refractivity contribution in [2.45, 2.75) is 33.1 Å². The minimum atomic E-state index is -0.340. The molecule has 152 valence electrons. The van der Waals surface area contributed by atoms with Crippen LogP contribution in [-0.2, 0) is 4.79 Å². The minimum Gasteiger partial charge on any atom is -0.497 e. The summed E-state index contributed by atoms with van der Waals surface area (Å²) in [5.74, 6) is 1.34. The van der Waals surface area contributed by atoms with E-state index in [1.165, 1.54) is 19.1 Å². The van der Waals surface area contributed by atoms with Crippen molar-refractivity contribution in [1.82, 2.24) is 10.1 Å². The fourth-order valence-corrected chi connectivity index (χ4v) is 2.70. The monoisotopic (exact) mass is 389 g/mol. The third-order valence-corrected chi connectivity index (χ3v) is 4.15. The molecule has 2 aromatic rings. The molecule has 2 amide bonds. The van der Waals surface area contributed by atoms with E-state index in [2.05, 4.69) is 17.4 Å². The molecule has 0 aliphatic heterocycles. The zero-order valence-corrected chi connectivity index (χ0v) is 16.8. The van der Waals surface area contributed by atoms with E-state index in [9.17, 15) is 9.59 Å². The number of rotatable bonds is 10. The summed E-state index contributed by atoms with van der Waals surface area (Å²) in [5.41, 5.74) is 0.401. The van der Waals surface area contributed by atoms with Crippen LogP contribution < -0.4 is 14.8 Å². The number of aryl methyl sites for hydroxylation is 1. The number of unbranched alkanes of at least 4 members (excludes halogenated alkanes) is 2. The number of ether oxygens (including phenoxy) is 2. The molecule has 1 N–H and O–H groups in total. The van der Waals surface area contributed by atoms with E-state index in [4.69, 9.17) is 14.0 Å². The first-order chi connectivity index (χ1) is 13.5. The fraction of sp³-hybridized carbons (Fsp3) is 0.450. The second kappa shape index (κ2) is 10.3. The van der Waals surface area contributed by atoms with Crippen molar-refractivity contribution in [2.24, 2.45) is 0 Å². The van der Waals surface area contributed by atoms with Crippen LogP contribution in [0, 0.1) is 6.92 Å². The molecule has 0 bridgehead atoms. The Hall–Kier alpha value is -3.03. The largest absolute Gasteiger partial charge is 0.497 e. The second-order valence-corrected chi connectivity index (χ2v) is 6.41. The van der Waals surface area contributed by atoms with Crippen LogP contribution in [0.3, 0.4) is 0 Å². The van der Waals surface area contributed by atoms with Crippen LogP contribution in [-0.4, -0.2) is 49.2 Å². The van der Waals surface area contributed by atoms with Gasteiger partial charge in [0.15, 0.2) is 5.82 Å². The molecular weight excluding hydrogens is 362 g/mol. The Labute approximate surface area is 164 Å². The highest BCUT2D eigenvalue weighted by Crippen LogP contribution is 2.23. The molecular formula is C20H27N3O5. The Morgan fingerprint density at radius 2 is 1.79 bits per heavy atom. The van der Waals surface area contributed by atoms with Gasteiger partial charge in [-0.15, -0.1) is 0 Å². The van der Waals surface area contributed by atoms with Crippen LogP contribution >= 0.6 is 0 Å². The molecule has 0 saturated carbocycles. The van der Waals surface area contributed by atoms with Gasteiger partial charge in [-0.25, -0.2) is 0 Å². The van der Waals surface area contributed by atoms with E-state index < -0.39 is 0 Å². The number of carbonyl (C=O) groups is 2. The van der Waals surface area contributed by atoms with Crippen molar-refractivity contribution in [2.75, 3.05) is 32.6 Å². The van der Waals surface area contributed by atoms with Crippen molar-refractivity contribution in [3.63, 3.8) is 0 Å². The molecule has 0 saturated heterocycles. The molecule has 0 radical (unpaired) electrons. The van der Waals surface area contributed by atoms with E-state index in [1.54, 1.807) is 31.2 Å². The number of nitrogens with one attached hydrogen (secondary N) is 1. The van der Waals surface area contributed by atoms with Crippen LogP contribution in [0.4, 0.5) is 5.82 Å². The fourth-order valence-electron chi connectivity index (χ4n) is 2.70. The predicted octanol–water partition coefficient (Wildman–Crippen LogP) is 3.27. The number of benzene rings is 1. The number of nitrogens with zero attached hydrogens (tertiary/aromatic N) is 2. The van der Waals surface area contributed by atoms with Crippen LogP contribution in [0.2, 0.25) is 0 Å². The van der Waals surface area contributed by atoms with Crippen LogP contribution in [0.5, 0.6) is 11.5 Å². The van der Waals surface area contributed by atoms with Gasteiger partial charge in [0.25, 0.3) is 5.91 Å². The molecule has 2 rings (SSSR count). The maximum atomic E-state index is 13.1. The molecule has 0 fully saturated rings. The minimum absolute atomic E-state index is 0.0893. The third kappa shape index (κ3) is 6.00. The number of methoxy groups -OCH3 is 2. The first kappa shape index (κ1) is 21.3. The summed E-state index contributed by atoms with van der Waals surface area (Å²) in [6.07, 6.45) is 2.79. The lowest BCUT2D eigenvalue weighted by Gasteiger charge is -2.22. The van der Waals surface area contributed by atoms with E-state index in [0.717, 1.165) is 19.3 Å². The average molecular weight is 389 g/mol. The zero-order valence-electron chi connectivity index (χ0n) is 16.8. The molecule has 1 aromatic heterocycles. The number of carbonyl (C=O) groups excluding carboxylic acids is 2. The van der Waals surface area contributed by atoms with Gasteiger partial charge in [-0.1, -0.05) is 24.9 Å². The van der Waals surface area contributed by atoms with Crippen molar-refractivity contribution in [3.05, 3.63) is 35.6 Å². The number of anilines is 1. The van der Waals surface area contributed by atoms with Gasteiger partial charge in [0, 0.05) is 24.2 Å². The molecule has 28 heavy (non-hydrogen) atoms. The van der Waals surface area contributed by atoms with Gasteiger partial charge in [-0.05, 0) is 25.5 Å². The van der Waals surface area contributed by atoms with Gasteiger partial charge in [0.2, 0.25) is 5.91 Å². The Kier molecular flexibility index (Phi) is 7.86. The molecule has 0 unspecified atom stereocenters. The Balaban J connectivity index is 2.16. The van der Waals surface area contributed by atoms with Crippen LogP contribution in [0.25, 0.3) is 0 Å². The summed E-state index contributed by atoms with van der Waals surface area (Å²) >= 11 is 0. The van der Waals surface area contributed by atoms with Crippen LogP contribution in [0.1, 0.15) is 42.3 Å². The predicted molar refractivity (Wildman–Crippen MR) is 105 cm³/mol. The summed E-state index contributed by atoms with van der Waals surface area (Å²) in [6.45, 7) is 4.20. The molecule has 8 nitrogen and oxygen atoms in total. The number of hydrogen-bond acceptors (Lipinski definition) is 6. The number of hydrogen-bond donors (Lipinski definition) is 1. The quantitative estimate of drug-likeness (QED) is 0.627. The second-order valence-electron chi connectivity index (χ2n) is 6.41. The normalized spacial score (nSPS) is 10.4. The molecule has 0 atom stereocenters. The standard InChI is InChI=1S/C20H27N3O5/c1-5-6-7-8-23(13-19(24)21-18-9-14(2)28-22-18)20(25)15-10-16(26-3)12-17(11-15)27-4/h9-12H,5-8,13H2,1-4H3,(H,21,22,24). The molecule has 1 aromatic carbocycles. The average Bonchev–Trinajstić information content (AvgIpc) is 3.10. The molecule has 0 aliphatic carbocycles. The van der Waals surface area contributed by atoms with Crippen molar-refractivity contribution in [3.8, 4) is 11.5 Å². The number of aromatic nitrogens is 1. The van der Waals surface area contributed by atoms with E-state index in [1.807, 2.05) is 0 Å². The van der Waals surface area contributed by atoms with Gasteiger partial charge >= 0.3 is 0 Å². The highest BCUT2D eigenvalue weighted by molar-refractivity contribution is 5.99. The van der Waals surface area contributed by atoms with Gasteiger partial charge in [0.05, 0.1) is 14.2 Å². The van der Waals surface area contributed by atoms with Crippen molar-refractivity contribution >= 4 is 17.6 Å². The Morgan fingerprint density at radius 3 is 2.32 bits per heavy atom. The SMILES string of the molecule is CCCCCN(CC(=O)Nc1cc(C)on1)C(=O)c1cc(OC)cc(OC)c1. The highest BCUT2D eigenvalue weighted by atomic mass is 16.5. The Bertz CT molecular complexity index is 781. The third-order valence-electron chi connectivity index (χ3n) is 4.15. The summed E-state index contributed by atoms with van der Waals surface area (Å²) in [7, 11) is 3.05. The summed E-state index contributed by atoms with van der Waals surface area (Å²) < 4.78 is 15.4. The van der Waals surface area contributed by atoms with Crippen LogP contribution in [0.15, 0.2) is 28.8 Å². The highest BCUT2D eigenvalue weighted by Gasteiger charge is 2.21. The topological polar surface area (TPSA) is 93.9 Å². The summed E-state index contributed by atoms with van der Waals surface area (Å²) in [4.78, 5) is 27.0. The maximum absolute atomic E-state index is 13.1. The zero-order chi connectivity index (χ0) is 20.5. The van der Waals surface area contributed by atoms with Gasteiger partial charge in [0.1, 0.15) is 23.8 Å². The maximum Gasteiger partial charge on any atom is 0.254 e.